The van der Waals surface area contributed by atoms with Crippen molar-refractivity contribution < 1.29 is 4.18 Å². The average molecular weight is 182 g/mol. The monoisotopic (exact) mass is 182 g/mol. The molecule has 1 nitrogen and oxygen atoms in total. The number of hydrogen-bond acceptors (Lipinski definition) is 2. The van der Waals surface area contributed by atoms with Crippen LogP contribution in [0.5, 0.6) is 5.75 Å². The van der Waals surface area contributed by atoms with Crippen molar-refractivity contribution in [3.63, 3.8) is 0 Å². The number of rotatable bonds is 3. The Balaban J connectivity index is 2.52. The van der Waals surface area contributed by atoms with Crippen molar-refractivity contribution in [1.82, 2.24) is 0 Å². The smallest absolute Gasteiger partial charge is 0.137 e. The summed E-state index contributed by atoms with van der Waals surface area (Å²) in [5.41, 5.74) is 1.23. The molecule has 0 heterocycles. The summed E-state index contributed by atoms with van der Waals surface area (Å²) in [5.74, 6) is 0.939. The maximum atomic E-state index is 5.46. The van der Waals surface area contributed by atoms with Gasteiger partial charge in [-0.2, -0.15) is 0 Å². The fourth-order valence-corrected chi connectivity index (χ4v) is 1.23. The van der Waals surface area contributed by atoms with Crippen LogP contribution in [0.25, 0.3) is 0 Å². The summed E-state index contributed by atoms with van der Waals surface area (Å²) in [6.07, 6.45) is 0. The van der Waals surface area contributed by atoms with E-state index in [1.165, 1.54) is 17.6 Å². The normalized spacial score (nSPS) is 10.3. The Morgan fingerprint density at radius 2 is 2.08 bits per heavy atom. The summed E-state index contributed by atoms with van der Waals surface area (Å²) in [6, 6.07) is 8.08. The van der Waals surface area contributed by atoms with Gasteiger partial charge in [0, 0.05) is 5.25 Å². The highest BCUT2D eigenvalue weighted by molar-refractivity contribution is 7.95. The highest BCUT2D eigenvalue weighted by atomic mass is 32.2. The van der Waals surface area contributed by atoms with Crippen LogP contribution >= 0.6 is 12.0 Å². The molecule has 0 aliphatic carbocycles. The van der Waals surface area contributed by atoms with Gasteiger partial charge in [-0.1, -0.05) is 26.0 Å². The fraction of sp³-hybridized carbons (Fsp3) is 0.400. The van der Waals surface area contributed by atoms with Crippen LogP contribution in [-0.2, 0) is 0 Å². The summed E-state index contributed by atoms with van der Waals surface area (Å²) < 4.78 is 5.46. The van der Waals surface area contributed by atoms with E-state index in [4.69, 9.17) is 4.18 Å². The third kappa shape index (κ3) is 3.18. The van der Waals surface area contributed by atoms with E-state index < -0.39 is 0 Å². The lowest BCUT2D eigenvalue weighted by molar-refractivity contribution is 0.638. The highest BCUT2D eigenvalue weighted by Crippen LogP contribution is 2.19. The van der Waals surface area contributed by atoms with Gasteiger partial charge in [-0.3, -0.25) is 0 Å². The zero-order valence-corrected chi connectivity index (χ0v) is 8.52. The second-order valence-electron chi connectivity index (χ2n) is 3.04. The minimum absolute atomic E-state index is 0.505. The molecular formula is C10H14OS. The predicted octanol–water partition coefficient (Wildman–Crippen LogP) is 3.43. The van der Waals surface area contributed by atoms with Crippen molar-refractivity contribution in [2.45, 2.75) is 26.0 Å². The van der Waals surface area contributed by atoms with Crippen LogP contribution in [0.1, 0.15) is 19.4 Å². The molecule has 0 unspecified atom stereocenters. The quantitative estimate of drug-likeness (QED) is 0.662. The van der Waals surface area contributed by atoms with Crippen molar-refractivity contribution in [3.05, 3.63) is 29.8 Å². The van der Waals surface area contributed by atoms with Gasteiger partial charge in [0.1, 0.15) is 5.75 Å². The number of benzene rings is 1. The molecule has 0 aromatic heterocycles. The van der Waals surface area contributed by atoms with E-state index in [-0.39, 0.29) is 0 Å². The van der Waals surface area contributed by atoms with Crippen LogP contribution < -0.4 is 4.18 Å². The maximum Gasteiger partial charge on any atom is 0.137 e. The Kier molecular flexibility index (Phi) is 3.48. The Labute approximate surface area is 78.3 Å². The van der Waals surface area contributed by atoms with E-state index in [2.05, 4.69) is 26.8 Å². The Bertz CT molecular complexity index is 245. The van der Waals surface area contributed by atoms with E-state index >= 15 is 0 Å². The molecule has 0 saturated heterocycles. The van der Waals surface area contributed by atoms with Gasteiger partial charge < -0.3 is 4.18 Å². The molecule has 1 aromatic rings. The topological polar surface area (TPSA) is 9.23 Å². The Morgan fingerprint density at radius 3 is 2.67 bits per heavy atom. The highest BCUT2D eigenvalue weighted by Gasteiger charge is 1.97. The van der Waals surface area contributed by atoms with Crippen molar-refractivity contribution in [1.29, 1.82) is 0 Å². The van der Waals surface area contributed by atoms with Gasteiger partial charge in [-0.15, -0.1) is 0 Å². The van der Waals surface area contributed by atoms with Crippen LogP contribution in [0.2, 0.25) is 0 Å². The van der Waals surface area contributed by atoms with Gasteiger partial charge in [0.25, 0.3) is 0 Å². The second kappa shape index (κ2) is 4.41. The standard InChI is InChI=1S/C10H14OS/c1-8(2)12-11-10-6-4-5-9(3)7-10/h4-8H,1-3H3. The first-order valence-electron chi connectivity index (χ1n) is 4.08. The van der Waals surface area contributed by atoms with E-state index in [0.717, 1.165) is 5.75 Å². The van der Waals surface area contributed by atoms with E-state index in [9.17, 15) is 0 Å². The second-order valence-corrected chi connectivity index (χ2v) is 4.35. The third-order valence-electron chi connectivity index (χ3n) is 1.33. The molecule has 0 bridgehead atoms. The van der Waals surface area contributed by atoms with Crippen molar-refractivity contribution in [2.24, 2.45) is 0 Å². The van der Waals surface area contributed by atoms with Crippen LogP contribution in [0.3, 0.4) is 0 Å². The minimum atomic E-state index is 0.505. The molecule has 0 amide bonds. The van der Waals surface area contributed by atoms with Crippen LogP contribution in [-0.4, -0.2) is 5.25 Å². The lowest BCUT2D eigenvalue weighted by Gasteiger charge is -2.06. The predicted molar refractivity (Wildman–Crippen MR) is 54.5 cm³/mol. The van der Waals surface area contributed by atoms with Crippen molar-refractivity contribution in [2.75, 3.05) is 0 Å². The average Bonchev–Trinajstić information content (AvgIpc) is 2.01. The van der Waals surface area contributed by atoms with E-state index in [1.807, 2.05) is 18.2 Å². The minimum Gasteiger partial charge on any atom is -0.426 e. The first-order chi connectivity index (χ1) is 5.68. The molecule has 1 aromatic carbocycles. The van der Waals surface area contributed by atoms with Gasteiger partial charge in [-0.05, 0) is 24.6 Å². The molecule has 2 heteroatoms. The molecule has 0 aliphatic heterocycles. The summed E-state index contributed by atoms with van der Waals surface area (Å²) in [4.78, 5) is 0. The van der Waals surface area contributed by atoms with Gasteiger partial charge in [0.2, 0.25) is 0 Å². The zero-order chi connectivity index (χ0) is 8.97. The van der Waals surface area contributed by atoms with Crippen LogP contribution in [0.15, 0.2) is 24.3 Å². The molecule has 0 fully saturated rings. The SMILES string of the molecule is Cc1cccc(OSC(C)C)c1. The molecule has 0 saturated carbocycles. The summed E-state index contributed by atoms with van der Waals surface area (Å²) in [6.45, 7) is 6.29. The number of aryl methyl sites for hydroxylation is 1. The maximum absolute atomic E-state index is 5.46. The Morgan fingerprint density at radius 1 is 1.33 bits per heavy atom. The number of hydrogen-bond donors (Lipinski definition) is 0. The van der Waals surface area contributed by atoms with Gasteiger partial charge >= 0.3 is 0 Å². The van der Waals surface area contributed by atoms with E-state index in [0.29, 0.717) is 5.25 Å². The molecule has 0 N–H and O–H groups in total. The molecule has 0 aliphatic rings. The largest absolute Gasteiger partial charge is 0.426 e. The van der Waals surface area contributed by atoms with E-state index in [1.54, 1.807) is 0 Å². The molecule has 12 heavy (non-hydrogen) atoms. The molecular weight excluding hydrogens is 168 g/mol. The zero-order valence-electron chi connectivity index (χ0n) is 7.70. The van der Waals surface area contributed by atoms with Crippen molar-refractivity contribution >= 4 is 12.0 Å². The lowest BCUT2D eigenvalue weighted by atomic mass is 10.2. The molecule has 0 radical (unpaired) electrons. The first-order valence-corrected chi connectivity index (χ1v) is 4.89. The van der Waals surface area contributed by atoms with Crippen LogP contribution in [0, 0.1) is 6.92 Å². The van der Waals surface area contributed by atoms with Gasteiger partial charge in [-0.25, -0.2) is 0 Å². The molecule has 0 spiro atoms. The lowest BCUT2D eigenvalue weighted by Crippen LogP contribution is -1.91. The summed E-state index contributed by atoms with van der Waals surface area (Å²) in [7, 11) is 0. The summed E-state index contributed by atoms with van der Waals surface area (Å²) in [5, 5.41) is 0.505. The first kappa shape index (κ1) is 9.46. The molecule has 66 valence electrons. The van der Waals surface area contributed by atoms with Gasteiger partial charge in [0.15, 0.2) is 0 Å². The third-order valence-corrected chi connectivity index (χ3v) is 2.00. The summed E-state index contributed by atoms with van der Waals surface area (Å²) >= 11 is 1.49. The Hall–Kier alpha value is -0.630. The van der Waals surface area contributed by atoms with Gasteiger partial charge in [0.05, 0.1) is 12.0 Å². The molecule has 1 rings (SSSR count). The van der Waals surface area contributed by atoms with Crippen LogP contribution in [0.4, 0.5) is 0 Å². The molecule has 0 atom stereocenters. The fourth-order valence-electron chi connectivity index (χ4n) is 0.819. The van der Waals surface area contributed by atoms with Crippen molar-refractivity contribution in [3.8, 4) is 5.75 Å².